The lowest BCUT2D eigenvalue weighted by molar-refractivity contribution is -0.116. The number of aromatic nitrogens is 2. The zero-order valence-corrected chi connectivity index (χ0v) is 13.6. The van der Waals surface area contributed by atoms with Gasteiger partial charge in [-0.1, -0.05) is 15.9 Å². The number of amides is 1. The third kappa shape index (κ3) is 4.04. The van der Waals surface area contributed by atoms with E-state index < -0.39 is 0 Å². The molecule has 1 heterocycles. The Balaban J connectivity index is 1.65. The Labute approximate surface area is 141 Å². The van der Waals surface area contributed by atoms with Gasteiger partial charge in [0.05, 0.1) is 5.69 Å². The molecule has 0 aliphatic heterocycles. The first-order chi connectivity index (χ1) is 11.1. The molecule has 0 aliphatic rings. The summed E-state index contributed by atoms with van der Waals surface area (Å²) in [5.74, 6) is -0.455. The average Bonchev–Trinajstić information content (AvgIpc) is 2.98. The van der Waals surface area contributed by atoms with Crippen molar-refractivity contribution in [2.24, 2.45) is 0 Å². The number of carbonyl (C=O) groups excluding carboxylic acids is 1. The molecule has 0 unspecified atom stereocenters. The smallest absolute Gasteiger partial charge is 0.246 e. The van der Waals surface area contributed by atoms with E-state index in [1.54, 1.807) is 29.1 Å². The summed E-state index contributed by atoms with van der Waals surface area (Å²) in [6.45, 7) is 0.108. The second-order valence-electron chi connectivity index (χ2n) is 4.96. The Morgan fingerprint density at radius 1 is 1.09 bits per heavy atom. The van der Waals surface area contributed by atoms with Crippen molar-refractivity contribution in [1.29, 1.82) is 0 Å². The zero-order chi connectivity index (χ0) is 16.2. The fraction of sp³-hybridized carbons (Fsp3) is 0.0588. The molecule has 1 amide bonds. The van der Waals surface area contributed by atoms with Gasteiger partial charge >= 0.3 is 0 Å². The Hall–Kier alpha value is -2.47. The summed E-state index contributed by atoms with van der Waals surface area (Å²) < 4.78 is 15.4. The SMILES string of the molecule is O=C(Cn1ccc(-c2ccc(F)cc2)n1)Nc1ccc(Br)cc1. The Morgan fingerprint density at radius 2 is 1.78 bits per heavy atom. The van der Waals surface area contributed by atoms with Gasteiger partial charge in [-0.3, -0.25) is 9.48 Å². The molecule has 6 heteroatoms. The van der Waals surface area contributed by atoms with Crippen LogP contribution < -0.4 is 5.32 Å². The lowest BCUT2D eigenvalue weighted by atomic mass is 10.1. The van der Waals surface area contributed by atoms with Gasteiger partial charge in [-0.05, 0) is 54.6 Å². The molecule has 2 aromatic carbocycles. The largest absolute Gasteiger partial charge is 0.324 e. The van der Waals surface area contributed by atoms with Gasteiger partial charge in [0.1, 0.15) is 12.4 Å². The molecule has 0 aliphatic carbocycles. The summed E-state index contributed by atoms with van der Waals surface area (Å²) >= 11 is 3.34. The molecule has 3 rings (SSSR count). The van der Waals surface area contributed by atoms with Gasteiger partial charge in [0.15, 0.2) is 0 Å². The van der Waals surface area contributed by atoms with Crippen molar-refractivity contribution in [1.82, 2.24) is 9.78 Å². The molecule has 116 valence electrons. The van der Waals surface area contributed by atoms with E-state index in [-0.39, 0.29) is 18.3 Å². The molecule has 0 spiro atoms. The quantitative estimate of drug-likeness (QED) is 0.748. The molecule has 0 fully saturated rings. The van der Waals surface area contributed by atoms with Crippen LogP contribution in [0.15, 0.2) is 65.3 Å². The molecule has 0 atom stereocenters. The van der Waals surface area contributed by atoms with Crippen molar-refractivity contribution in [3.05, 3.63) is 71.1 Å². The second-order valence-corrected chi connectivity index (χ2v) is 5.88. The predicted octanol–water partition coefficient (Wildman–Crippen LogP) is 4.09. The van der Waals surface area contributed by atoms with E-state index in [9.17, 15) is 9.18 Å². The zero-order valence-electron chi connectivity index (χ0n) is 12.0. The molecule has 0 bridgehead atoms. The van der Waals surface area contributed by atoms with Crippen LogP contribution in [-0.2, 0) is 11.3 Å². The van der Waals surface area contributed by atoms with Gasteiger partial charge in [0.25, 0.3) is 0 Å². The van der Waals surface area contributed by atoms with Gasteiger partial charge < -0.3 is 5.32 Å². The van der Waals surface area contributed by atoms with Crippen LogP contribution in [0.25, 0.3) is 11.3 Å². The number of nitrogens with zero attached hydrogens (tertiary/aromatic N) is 2. The van der Waals surface area contributed by atoms with Crippen LogP contribution in [0, 0.1) is 5.82 Å². The van der Waals surface area contributed by atoms with Crippen LogP contribution in [0.4, 0.5) is 10.1 Å². The topological polar surface area (TPSA) is 46.9 Å². The summed E-state index contributed by atoms with van der Waals surface area (Å²) in [6, 6.07) is 15.2. The average molecular weight is 374 g/mol. The first kappa shape index (κ1) is 15.4. The fourth-order valence-corrected chi connectivity index (χ4v) is 2.37. The van der Waals surface area contributed by atoms with Crippen molar-refractivity contribution < 1.29 is 9.18 Å². The Bertz CT molecular complexity index is 813. The summed E-state index contributed by atoms with van der Waals surface area (Å²) in [6.07, 6.45) is 1.72. The molecular formula is C17H13BrFN3O. The van der Waals surface area contributed by atoms with Gasteiger partial charge in [0, 0.05) is 21.9 Å². The molecule has 1 N–H and O–H groups in total. The maximum Gasteiger partial charge on any atom is 0.246 e. The number of benzene rings is 2. The van der Waals surface area contributed by atoms with Crippen molar-refractivity contribution in [2.75, 3.05) is 5.32 Å². The monoisotopic (exact) mass is 373 g/mol. The van der Waals surface area contributed by atoms with Gasteiger partial charge in [-0.2, -0.15) is 5.10 Å². The van der Waals surface area contributed by atoms with Crippen molar-refractivity contribution in [3.63, 3.8) is 0 Å². The lowest BCUT2D eigenvalue weighted by Gasteiger charge is -2.05. The molecule has 1 aromatic heterocycles. The van der Waals surface area contributed by atoms with Gasteiger partial charge in [-0.15, -0.1) is 0 Å². The minimum atomic E-state index is -0.290. The van der Waals surface area contributed by atoms with Crippen LogP contribution in [0.2, 0.25) is 0 Å². The summed E-state index contributed by atoms with van der Waals surface area (Å²) in [5.41, 5.74) is 2.23. The fourth-order valence-electron chi connectivity index (χ4n) is 2.11. The second kappa shape index (κ2) is 6.75. The van der Waals surface area contributed by atoms with E-state index in [0.717, 1.165) is 15.7 Å². The number of halogens is 2. The minimum absolute atomic E-state index is 0.108. The van der Waals surface area contributed by atoms with Gasteiger partial charge in [-0.25, -0.2) is 4.39 Å². The van der Waals surface area contributed by atoms with Crippen LogP contribution in [-0.4, -0.2) is 15.7 Å². The number of carbonyl (C=O) groups is 1. The number of hydrogen-bond donors (Lipinski definition) is 1. The maximum absolute atomic E-state index is 12.9. The molecule has 0 saturated carbocycles. The summed E-state index contributed by atoms with van der Waals surface area (Å²) in [4.78, 5) is 12.0. The molecule has 23 heavy (non-hydrogen) atoms. The van der Waals surface area contributed by atoms with Gasteiger partial charge in [0.2, 0.25) is 5.91 Å². The van der Waals surface area contributed by atoms with E-state index in [1.807, 2.05) is 24.3 Å². The number of hydrogen-bond acceptors (Lipinski definition) is 2. The number of anilines is 1. The van der Waals surface area contributed by atoms with E-state index in [0.29, 0.717) is 5.69 Å². The molecule has 0 saturated heterocycles. The van der Waals surface area contributed by atoms with Crippen molar-refractivity contribution >= 4 is 27.5 Å². The van der Waals surface area contributed by atoms with Crippen LogP contribution in [0.5, 0.6) is 0 Å². The highest BCUT2D eigenvalue weighted by Gasteiger charge is 2.07. The number of rotatable bonds is 4. The lowest BCUT2D eigenvalue weighted by Crippen LogP contribution is -2.19. The van der Waals surface area contributed by atoms with Crippen molar-refractivity contribution in [2.45, 2.75) is 6.54 Å². The summed E-state index contributed by atoms with van der Waals surface area (Å²) in [5, 5.41) is 7.14. The first-order valence-electron chi connectivity index (χ1n) is 6.95. The van der Waals surface area contributed by atoms with E-state index in [1.165, 1.54) is 12.1 Å². The van der Waals surface area contributed by atoms with E-state index in [2.05, 4.69) is 26.3 Å². The summed E-state index contributed by atoms with van der Waals surface area (Å²) in [7, 11) is 0. The van der Waals surface area contributed by atoms with Crippen molar-refractivity contribution in [3.8, 4) is 11.3 Å². The first-order valence-corrected chi connectivity index (χ1v) is 7.74. The standard InChI is InChI=1S/C17H13BrFN3O/c18-13-3-7-15(8-4-13)20-17(23)11-22-10-9-16(21-22)12-1-5-14(19)6-2-12/h1-10H,11H2,(H,20,23). The maximum atomic E-state index is 12.9. The van der Waals surface area contributed by atoms with E-state index in [4.69, 9.17) is 0 Å². The number of nitrogens with one attached hydrogen (secondary N) is 1. The van der Waals surface area contributed by atoms with Crippen LogP contribution in [0.3, 0.4) is 0 Å². The third-order valence-electron chi connectivity index (χ3n) is 3.21. The minimum Gasteiger partial charge on any atom is -0.324 e. The Kier molecular flexibility index (Phi) is 4.52. The van der Waals surface area contributed by atoms with E-state index >= 15 is 0 Å². The highest BCUT2D eigenvalue weighted by molar-refractivity contribution is 9.10. The molecule has 0 radical (unpaired) electrons. The highest BCUT2D eigenvalue weighted by atomic mass is 79.9. The highest BCUT2D eigenvalue weighted by Crippen LogP contribution is 2.17. The Morgan fingerprint density at radius 3 is 2.48 bits per heavy atom. The predicted molar refractivity (Wildman–Crippen MR) is 90.4 cm³/mol. The molecular weight excluding hydrogens is 361 g/mol. The normalized spacial score (nSPS) is 10.5. The molecule has 4 nitrogen and oxygen atoms in total. The van der Waals surface area contributed by atoms with Crippen LogP contribution in [0.1, 0.15) is 0 Å². The molecule has 3 aromatic rings. The van der Waals surface area contributed by atoms with Crippen LogP contribution >= 0.6 is 15.9 Å². The third-order valence-corrected chi connectivity index (χ3v) is 3.74.